The zero-order valence-corrected chi connectivity index (χ0v) is 13.7. The summed E-state index contributed by atoms with van der Waals surface area (Å²) in [6.45, 7) is 5.77. The van der Waals surface area contributed by atoms with Gasteiger partial charge in [-0.2, -0.15) is 0 Å². The quantitative estimate of drug-likeness (QED) is 0.701. The number of likely N-dealkylation sites (N-methyl/N-ethyl adjacent to an activating group) is 1. The Kier molecular flexibility index (Phi) is 6.52. The molecule has 0 radical (unpaired) electrons. The number of benzene rings is 1. The maximum atomic E-state index is 5.55. The summed E-state index contributed by atoms with van der Waals surface area (Å²) in [5.41, 5.74) is 2.47. The van der Waals surface area contributed by atoms with E-state index >= 15 is 0 Å². The first-order valence-corrected chi connectivity index (χ1v) is 7.63. The van der Waals surface area contributed by atoms with Gasteiger partial charge in [0.05, 0.1) is 12.7 Å². The molecule has 0 aliphatic carbocycles. The van der Waals surface area contributed by atoms with Gasteiger partial charge in [-0.3, -0.25) is 0 Å². The number of halogens is 2. The summed E-state index contributed by atoms with van der Waals surface area (Å²) in [7, 11) is 2.08. The van der Waals surface area contributed by atoms with E-state index in [4.69, 9.17) is 4.74 Å². The van der Waals surface area contributed by atoms with Crippen LogP contribution in [0.25, 0.3) is 0 Å². The maximum Gasteiger partial charge on any atom is 0.0644 e. The van der Waals surface area contributed by atoms with Gasteiger partial charge in [-0.15, -0.1) is 0 Å². The second kappa shape index (κ2) is 7.39. The normalized spacial score (nSPS) is 10.9. The molecule has 0 N–H and O–H groups in total. The molecule has 0 aromatic heterocycles. The van der Waals surface area contributed by atoms with E-state index in [0.29, 0.717) is 6.10 Å². The van der Waals surface area contributed by atoms with Crippen molar-refractivity contribution in [3.63, 3.8) is 0 Å². The summed E-state index contributed by atoms with van der Waals surface area (Å²) < 4.78 is 6.69. The predicted octanol–water partition coefficient (Wildman–Crippen LogP) is 4.21. The minimum Gasteiger partial charge on any atom is -0.377 e. The lowest BCUT2D eigenvalue weighted by atomic mass is 10.2. The molecule has 0 amide bonds. The first-order chi connectivity index (χ1) is 8.04. The van der Waals surface area contributed by atoms with Gasteiger partial charge in [0, 0.05) is 29.1 Å². The standard InChI is InChI=1S/C13H19Br2NO/c1-10(2)17-7-6-16(3)12-5-4-11(9-14)13(15)8-12/h4-5,8,10H,6-7,9H2,1-3H3. The van der Waals surface area contributed by atoms with Crippen LogP contribution >= 0.6 is 31.9 Å². The molecule has 0 aliphatic heterocycles. The van der Waals surface area contributed by atoms with Crippen LogP contribution in [0.3, 0.4) is 0 Å². The lowest BCUT2D eigenvalue weighted by Gasteiger charge is -2.20. The van der Waals surface area contributed by atoms with E-state index in [1.165, 1.54) is 11.3 Å². The van der Waals surface area contributed by atoms with Gasteiger partial charge in [-0.25, -0.2) is 0 Å². The van der Waals surface area contributed by atoms with Crippen LogP contribution in [0, 0.1) is 0 Å². The fraction of sp³-hybridized carbons (Fsp3) is 0.538. The molecular formula is C13H19Br2NO. The van der Waals surface area contributed by atoms with Gasteiger partial charge in [-0.1, -0.05) is 37.9 Å². The minimum absolute atomic E-state index is 0.297. The third kappa shape index (κ3) is 4.98. The average Bonchev–Trinajstić information content (AvgIpc) is 2.28. The molecule has 17 heavy (non-hydrogen) atoms. The van der Waals surface area contributed by atoms with E-state index in [1.807, 2.05) is 0 Å². The van der Waals surface area contributed by atoms with Gasteiger partial charge in [0.25, 0.3) is 0 Å². The van der Waals surface area contributed by atoms with Gasteiger partial charge >= 0.3 is 0 Å². The Balaban J connectivity index is 2.57. The van der Waals surface area contributed by atoms with Gasteiger partial charge < -0.3 is 9.64 Å². The van der Waals surface area contributed by atoms with Crippen molar-refractivity contribution in [3.05, 3.63) is 28.2 Å². The molecule has 0 bridgehead atoms. The Bertz CT molecular complexity index is 355. The third-order valence-corrected chi connectivity index (χ3v) is 3.84. The number of hydrogen-bond acceptors (Lipinski definition) is 2. The first kappa shape index (κ1) is 15.0. The molecule has 2 nitrogen and oxygen atoms in total. The molecule has 0 aliphatic rings. The molecule has 0 heterocycles. The molecule has 1 rings (SSSR count). The number of hydrogen-bond donors (Lipinski definition) is 0. The van der Waals surface area contributed by atoms with Crippen LogP contribution in [0.15, 0.2) is 22.7 Å². The number of rotatable bonds is 6. The van der Waals surface area contributed by atoms with Gasteiger partial charge in [0.2, 0.25) is 0 Å². The zero-order valence-electron chi connectivity index (χ0n) is 10.5. The fourth-order valence-electron chi connectivity index (χ4n) is 1.44. The molecule has 0 atom stereocenters. The minimum atomic E-state index is 0.297. The molecule has 0 saturated carbocycles. The zero-order chi connectivity index (χ0) is 12.8. The summed E-state index contributed by atoms with van der Waals surface area (Å²) >= 11 is 7.04. The average molecular weight is 365 g/mol. The van der Waals surface area contributed by atoms with Crippen molar-refractivity contribution in [3.8, 4) is 0 Å². The topological polar surface area (TPSA) is 12.5 Å². The highest BCUT2D eigenvalue weighted by Gasteiger charge is 2.05. The smallest absolute Gasteiger partial charge is 0.0644 e. The Morgan fingerprint density at radius 1 is 1.35 bits per heavy atom. The second-order valence-corrected chi connectivity index (χ2v) is 5.67. The molecule has 96 valence electrons. The summed E-state index contributed by atoms with van der Waals surface area (Å²) in [5, 5.41) is 0.869. The van der Waals surface area contributed by atoms with E-state index in [9.17, 15) is 0 Å². The first-order valence-electron chi connectivity index (χ1n) is 5.71. The Hall–Kier alpha value is -0.0600. The summed E-state index contributed by atoms with van der Waals surface area (Å²) in [4.78, 5) is 2.20. The molecule has 0 spiro atoms. The van der Waals surface area contributed by atoms with Crippen LogP contribution in [0.1, 0.15) is 19.4 Å². The van der Waals surface area contributed by atoms with Crippen LogP contribution in [0.4, 0.5) is 5.69 Å². The van der Waals surface area contributed by atoms with Crippen molar-refractivity contribution in [2.45, 2.75) is 25.3 Å². The van der Waals surface area contributed by atoms with Crippen LogP contribution in [0.5, 0.6) is 0 Å². The summed E-state index contributed by atoms with van der Waals surface area (Å²) in [6.07, 6.45) is 0.297. The van der Waals surface area contributed by atoms with E-state index in [0.717, 1.165) is 23.0 Å². The van der Waals surface area contributed by atoms with E-state index in [2.05, 4.69) is 75.9 Å². The lowest BCUT2D eigenvalue weighted by molar-refractivity contribution is 0.0846. The summed E-state index contributed by atoms with van der Waals surface area (Å²) in [5.74, 6) is 0. The number of ether oxygens (including phenoxy) is 1. The highest BCUT2D eigenvalue weighted by molar-refractivity contribution is 9.10. The second-order valence-electron chi connectivity index (χ2n) is 4.25. The monoisotopic (exact) mass is 363 g/mol. The predicted molar refractivity (Wildman–Crippen MR) is 81.1 cm³/mol. The van der Waals surface area contributed by atoms with Crippen LogP contribution in [-0.2, 0) is 10.1 Å². The molecule has 0 fully saturated rings. The van der Waals surface area contributed by atoms with Crippen molar-refractivity contribution in [1.82, 2.24) is 0 Å². The lowest BCUT2D eigenvalue weighted by Crippen LogP contribution is -2.23. The van der Waals surface area contributed by atoms with Gasteiger partial charge in [-0.05, 0) is 31.5 Å². The highest BCUT2D eigenvalue weighted by Crippen LogP contribution is 2.25. The van der Waals surface area contributed by atoms with Crippen molar-refractivity contribution in [2.24, 2.45) is 0 Å². The molecular weight excluding hydrogens is 346 g/mol. The summed E-state index contributed by atoms with van der Waals surface area (Å²) in [6, 6.07) is 6.41. The van der Waals surface area contributed by atoms with E-state index < -0.39 is 0 Å². The van der Waals surface area contributed by atoms with Crippen molar-refractivity contribution in [2.75, 3.05) is 25.1 Å². The van der Waals surface area contributed by atoms with Crippen LogP contribution in [-0.4, -0.2) is 26.3 Å². The van der Waals surface area contributed by atoms with Crippen molar-refractivity contribution >= 4 is 37.5 Å². The van der Waals surface area contributed by atoms with Crippen LogP contribution < -0.4 is 4.90 Å². The fourth-order valence-corrected chi connectivity index (χ4v) is 2.81. The third-order valence-electron chi connectivity index (χ3n) is 2.50. The SMILES string of the molecule is CC(C)OCCN(C)c1ccc(CBr)c(Br)c1. The molecule has 0 saturated heterocycles. The Morgan fingerprint density at radius 3 is 2.59 bits per heavy atom. The highest BCUT2D eigenvalue weighted by atomic mass is 79.9. The Labute approximate surface area is 121 Å². The molecule has 4 heteroatoms. The van der Waals surface area contributed by atoms with Gasteiger partial charge in [0.1, 0.15) is 0 Å². The number of nitrogens with zero attached hydrogens (tertiary/aromatic N) is 1. The molecule has 1 aromatic carbocycles. The van der Waals surface area contributed by atoms with E-state index in [-0.39, 0.29) is 0 Å². The maximum absolute atomic E-state index is 5.55. The van der Waals surface area contributed by atoms with Gasteiger partial charge in [0.15, 0.2) is 0 Å². The number of anilines is 1. The van der Waals surface area contributed by atoms with Crippen LogP contribution in [0.2, 0.25) is 0 Å². The number of alkyl halides is 1. The Morgan fingerprint density at radius 2 is 2.06 bits per heavy atom. The van der Waals surface area contributed by atoms with Crippen molar-refractivity contribution < 1.29 is 4.74 Å². The van der Waals surface area contributed by atoms with E-state index in [1.54, 1.807) is 0 Å². The molecule has 1 aromatic rings. The largest absolute Gasteiger partial charge is 0.377 e. The van der Waals surface area contributed by atoms with Crippen molar-refractivity contribution in [1.29, 1.82) is 0 Å². The molecule has 0 unspecified atom stereocenters.